The van der Waals surface area contributed by atoms with Gasteiger partial charge in [-0.25, -0.2) is 0 Å². The number of carbonyl (C=O) groups excluding carboxylic acids is 2. The van der Waals surface area contributed by atoms with Crippen molar-refractivity contribution in [2.24, 2.45) is 0 Å². The Bertz CT molecular complexity index is 1080. The number of fused-ring (bicyclic) bond motifs is 2. The van der Waals surface area contributed by atoms with Crippen molar-refractivity contribution in [2.75, 3.05) is 23.3 Å². The Morgan fingerprint density at radius 2 is 1.97 bits per heavy atom. The van der Waals surface area contributed by atoms with Crippen LogP contribution in [0.5, 0.6) is 5.75 Å². The zero-order valence-electron chi connectivity index (χ0n) is 17.5. The molecule has 0 radical (unpaired) electrons. The molecule has 0 saturated carbocycles. The highest BCUT2D eigenvalue weighted by Gasteiger charge is 2.32. The molecule has 0 bridgehead atoms. The van der Waals surface area contributed by atoms with E-state index < -0.39 is 6.10 Å². The summed E-state index contributed by atoms with van der Waals surface area (Å²) >= 11 is 1.11. The summed E-state index contributed by atoms with van der Waals surface area (Å²) in [4.78, 5) is 27.5. The second kappa shape index (κ2) is 9.30. The normalized spacial score (nSPS) is 15.5. The molecule has 1 aliphatic rings. The fourth-order valence-corrected chi connectivity index (χ4v) is 4.20. The molecule has 1 aromatic heterocycles. The van der Waals surface area contributed by atoms with Crippen molar-refractivity contribution in [1.29, 1.82) is 0 Å². The van der Waals surface area contributed by atoms with E-state index in [0.29, 0.717) is 23.5 Å². The molecule has 0 saturated heterocycles. The maximum atomic E-state index is 12.9. The number of ether oxygens (including phenoxy) is 1. The predicted octanol–water partition coefficient (Wildman–Crippen LogP) is 3.20. The number of rotatable bonds is 7. The van der Waals surface area contributed by atoms with Gasteiger partial charge in [0.15, 0.2) is 6.10 Å². The van der Waals surface area contributed by atoms with Crippen LogP contribution in [0.3, 0.4) is 0 Å². The number of anilines is 2. The maximum absolute atomic E-state index is 12.9. The van der Waals surface area contributed by atoms with Crippen LogP contribution in [0.15, 0.2) is 42.5 Å². The fraction of sp³-hybridized carbons (Fsp3) is 0.364. The molecule has 1 unspecified atom stereocenters. The predicted molar refractivity (Wildman–Crippen MR) is 122 cm³/mol. The van der Waals surface area contributed by atoms with E-state index in [2.05, 4.69) is 19.4 Å². The lowest BCUT2D eigenvalue weighted by molar-refractivity contribution is -0.129. The van der Waals surface area contributed by atoms with Crippen molar-refractivity contribution in [3.8, 4) is 5.75 Å². The third-order valence-electron chi connectivity index (χ3n) is 5.38. The first-order valence-electron chi connectivity index (χ1n) is 10.4. The van der Waals surface area contributed by atoms with E-state index in [9.17, 15) is 9.59 Å². The quantitative estimate of drug-likeness (QED) is 0.587. The van der Waals surface area contributed by atoms with Crippen molar-refractivity contribution < 1.29 is 14.3 Å². The minimum absolute atomic E-state index is 0.0864. The topological polar surface area (TPSA) is 96.5 Å². The third-order valence-corrected chi connectivity index (χ3v) is 5.92. The molecule has 9 heteroatoms. The van der Waals surface area contributed by atoms with Gasteiger partial charge in [0.05, 0.1) is 36.2 Å². The largest absolute Gasteiger partial charge is 0.477 e. The van der Waals surface area contributed by atoms with Crippen molar-refractivity contribution in [3.63, 3.8) is 0 Å². The first-order chi connectivity index (χ1) is 15.1. The second-order valence-electron chi connectivity index (χ2n) is 7.46. The van der Waals surface area contributed by atoms with Gasteiger partial charge in [-0.15, -0.1) is 0 Å². The number of nitrogens with one attached hydrogen (secondary N) is 2. The lowest BCUT2D eigenvalue weighted by atomic mass is 10.1. The van der Waals surface area contributed by atoms with Crippen LogP contribution in [0.2, 0.25) is 0 Å². The Morgan fingerprint density at radius 1 is 1.16 bits per heavy atom. The zero-order valence-corrected chi connectivity index (χ0v) is 18.3. The summed E-state index contributed by atoms with van der Waals surface area (Å²) in [5.41, 5.74) is 2.84. The molecule has 4 rings (SSSR count). The molecular weight excluding hydrogens is 414 g/mol. The lowest BCUT2D eigenvalue weighted by Crippen LogP contribution is -2.52. The first-order valence-corrected chi connectivity index (χ1v) is 11.1. The van der Waals surface area contributed by atoms with Crippen LogP contribution in [0.25, 0.3) is 11.0 Å². The summed E-state index contributed by atoms with van der Waals surface area (Å²) in [7, 11) is 0. The minimum Gasteiger partial charge on any atom is -0.477 e. The molecule has 2 heterocycles. The molecule has 1 atom stereocenters. The van der Waals surface area contributed by atoms with Gasteiger partial charge in [0.1, 0.15) is 16.8 Å². The molecule has 2 amide bonds. The second-order valence-corrected chi connectivity index (χ2v) is 7.99. The van der Waals surface area contributed by atoms with E-state index >= 15 is 0 Å². The number of hydrogen-bond acceptors (Lipinski definition) is 7. The molecule has 1 aliphatic heterocycles. The van der Waals surface area contributed by atoms with Crippen LogP contribution in [0, 0.1) is 0 Å². The summed E-state index contributed by atoms with van der Waals surface area (Å²) in [6.45, 7) is 4.46. The average Bonchev–Trinajstić information content (AvgIpc) is 3.27. The van der Waals surface area contributed by atoms with Gasteiger partial charge in [-0.2, -0.15) is 8.75 Å². The molecule has 2 N–H and O–H groups in total. The Hall–Kier alpha value is -3.20. The Kier molecular flexibility index (Phi) is 6.31. The standard InChI is InChI=1S/C22H25N5O3S/c1-3-14(4-2)23-22(29)19-12-27(17-10-5-6-11-18(17)30-19)13-20(28)24-15-8-7-9-16-21(15)26-31-25-16/h5-11,14,19H,3-4,12-13H2,1-2H3,(H,23,29)(H,24,28). The van der Waals surface area contributed by atoms with E-state index in [-0.39, 0.29) is 24.4 Å². The number of amides is 2. The molecule has 3 aromatic rings. The molecule has 0 fully saturated rings. The van der Waals surface area contributed by atoms with E-state index in [4.69, 9.17) is 4.74 Å². The average molecular weight is 440 g/mol. The van der Waals surface area contributed by atoms with E-state index in [0.717, 1.165) is 35.8 Å². The molecular formula is C22H25N5O3S. The summed E-state index contributed by atoms with van der Waals surface area (Å²) < 4.78 is 14.4. The van der Waals surface area contributed by atoms with Crippen LogP contribution in [-0.2, 0) is 9.59 Å². The lowest BCUT2D eigenvalue weighted by Gasteiger charge is -2.35. The Morgan fingerprint density at radius 3 is 2.77 bits per heavy atom. The van der Waals surface area contributed by atoms with Crippen LogP contribution >= 0.6 is 11.7 Å². The molecule has 2 aromatic carbocycles. The van der Waals surface area contributed by atoms with Crippen LogP contribution in [0.4, 0.5) is 11.4 Å². The molecule has 0 spiro atoms. The van der Waals surface area contributed by atoms with Crippen LogP contribution in [0.1, 0.15) is 26.7 Å². The molecule has 8 nitrogen and oxygen atoms in total. The van der Waals surface area contributed by atoms with Crippen molar-refractivity contribution in [2.45, 2.75) is 38.8 Å². The van der Waals surface area contributed by atoms with Gasteiger partial charge in [-0.3, -0.25) is 9.59 Å². The SMILES string of the molecule is CCC(CC)NC(=O)C1CN(CC(=O)Nc2cccc3nsnc23)c2ccccc2O1. The number of para-hydroxylation sites is 2. The maximum Gasteiger partial charge on any atom is 0.263 e. The molecule has 162 valence electrons. The highest BCUT2D eigenvalue weighted by Crippen LogP contribution is 2.33. The summed E-state index contributed by atoms with van der Waals surface area (Å²) in [5.74, 6) is 0.236. The number of carbonyl (C=O) groups is 2. The summed E-state index contributed by atoms with van der Waals surface area (Å²) in [6.07, 6.45) is 1.03. The molecule has 0 aliphatic carbocycles. The van der Waals surface area contributed by atoms with Gasteiger partial charge in [-0.1, -0.05) is 32.0 Å². The summed E-state index contributed by atoms with van der Waals surface area (Å²) in [6, 6.07) is 13.1. The fourth-order valence-electron chi connectivity index (χ4n) is 3.65. The Labute approximate surface area is 184 Å². The van der Waals surface area contributed by atoms with Gasteiger partial charge >= 0.3 is 0 Å². The van der Waals surface area contributed by atoms with Crippen LogP contribution in [-0.4, -0.2) is 45.8 Å². The van der Waals surface area contributed by atoms with Gasteiger partial charge in [-0.05, 0) is 37.1 Å². The van der Waals surface area contributed by atoms with Crippen molar-refractivity contribution in [3.05, 3.63) is 42.5 Å². The van der Waals surface area contributed by atoms with Crippen LogP contribution < -0.4 is 20.3 Å². The van der Waals surface area contributed by atoms with Gasteiger partial charge < -0.3 is 20.3 Å². The van der Waals surface area contributed by atoms with Crippen molar-refractivity contribution >= 4 is 46.0 Å². The number of nitrogens with zero attached hydrogens (tertiary/aromatic N) is 3. The first kappa shape index (κ1) is 21.0. The van der Waals surface area contributed by atoms with E-state index in [1.807, 2.05) is 55.1 Å². The highest BCUT2D eigenvalue weighted by atomic mass is 32.1. The van der Waals surface area contributed by atoms with Gasteiger partial charge in [0, 0.05) is 6.04 Å². The zero-order chi connectivity index (χ0) is 21.8. The third kappa shape index (κ3) is 4.61. The van der Waals surface area contributed by atoms with E-state index in [1.54, 1.807) is 6.07 Å². The van der Waals surface area contributed by atoms with Gasteiger partial charge in [0.2, 0.25) is 5.91 Å². The molecule has 31 heavy (non-hydrogen) atoms. The summed E-state index contributed by atoms with van der Waals surface area (Å²) in [5, 5.41) is 5.97. The van der Waals surface area contributed by atoms with Gasteiger partial charge in [0.25, 0.3) is 5.91 Å². The number of aromatic nitrogens is 2. The Balaban J connectivity index is 1.50. The number of benzene rings is 2. The van der Waals surface area contributed by atoms with Crippen molar-refractivity contribution in [1.82, 2.24) is 14.1 Å². The highest BCUT2D eigenvalue weighted by molar-refractivity contribution is 7.00. The smallest absolute Gasteiger partial charge is 0.263 e. The number of hydrogen-bond donors (Lipinski definition) is 2. The van der Waals surface area contributed by atoms with E-state index in [1.165, 1.54) is 0 Å². The minimum atomic E-state index is -0.686. The monoisotopic (exact) mass is 439 g/mol.